The minimum Gasteiger partial charge on any atom is -0.508 e. The van der Waals surface area contributed by atoms with Gasteiger partial charge in [-0.05, 0) is 48.7 Å². The van der Waals surface area contributed by atoms with Gasteiger partial charge in [0, 0.05) is 0 Å². The van der Waals surface area contributed by atoms with E-state index in [1.165, 1.54) is 5.56 Å². The van der Waals surface area contributed by atoms with Crippen molar-refractivity contribution in [2.24, 2.45) is 0 Å². The first-order chi connectivity index (χ1) is 8.69. The van der Waals surface area contributed by atoms with E-state index in [4.69, 9.17) is 4.74 Å². The van der Waals surface area contributed by atoms with Gasteiger partial charge in [-0.2, -0.15) is 0 Å². The van der Waals surface area contributed by atoms with Gasteiger partial charge in [0.15, 0.2) is 0 Å². The van der Waals surface area contributed by atoms with Crippen molar-refractivity contribution in [1.29, 1.82) is 0 Å². The molecule has 1 unspecified atom stereocenters. The largest absolute Gasteiger partial charge is 0.508 e. The molecule has 0 aliphatic carbocycles. The summed E-state index contributed by atoms with van der Waals surface area (Å²) in [4.78, 5) is 0. The smallest absolute Gasteiger partial charge is 0.123 e. The fourth-order valence-corrected chi connectivity index (χ4v) is 1.93. The van der Waals surface area contributed by atoms with Crippen LogP contribution in [-0.2, 0) is 0 Å². The Labute approximate surface area is 108 Å². The first kappa shape index (κ1) is 12.5. The molecule has 0 radical (unpaired) electrons. The van der Waals surface area contributed by atoms with Crippen molar-refractivity contribution in [3.05, 3.63) is 59.7 Å². The molecule has 2 aromatic carbocycles. The molecule has 0 aliphatic heterocycles. The van der Waals surface area contributed by atoms with Crippen LogP contribution in [0.2, 0.25) is 0 Å². The van der Waals surface area contributed by atoms with E-state index in [0.717, 1.165) is 17.7 Å². The van der Waals surface area contributed by atoms with Gasteiger partial charge in [0.25, 0.3) is 0 Å². The Morgan fingerprint density at radius 2 is 1.83 bits per heavy atom. The highest BCUT2D eigenvalue weighted by atomic mass is 16.5. The number of aromatic hydroxyl groups is 1. The summed E-state index contributed by atoms with van der Waals surface area (Å²) in [5.41, 5.74) is 2.27. The Hall–Kier alpha value is -1.96. The number of ether oxygens (including phenoxy) is 1. The number of phenols is 1. The predicted octanol–water partition coefficient (Wildman–Crippen LogP) is 4.23. The molecule has 1 N–H and O–H groups in total. The molecule has 0 heterocycles. The van der Waals surface area contributed by atoms with E-state index in [0.29, 0.717) is 0 Å². The van der Waals surface area contributed by atoms with Gasteiger partial charge in [-0.15, -0.1) is 0 Å². The van der Waals surface area contributed by atoms with Crippen molar-refractivity contribution in [2.75, 3.05) is 0 Å². The van der Waals surface area contributed by atoms with E-state index >= 15 is 0 Å². The van der Waals surface area contributed by atoms with Crippen LogP contribution in [0.15, 0.2) is 48.5 Å². The maximum Gasteiger partial charge on any atom is 0.123 e. The summed E-state index contributed by atoms with van der Waals surface area (Å²) in [7, 11) is 0. The summed E-state index contributed by atoms with van der Waals surface area (Å²) >= 11 is 0. The summed E-state index contributed by atoms with van der Waals surface area (Å²) in [6, 6.07) is 15.2. The van der Waals surface area contributed by atoms with Crippen molar-refractivity contribution < 1.29 is 9.84 Å². The minimum atomic E-state index is 0.0207. The molecular formula is C16H18O2. The number of hydrogen-bond acceptors (Lipinski definition) is 2. The Kier molecular flexibility index (Phi) is 3.88. The van der Waals surface area contributed by atoms with Crippen molar-refractivity contribution in [3.63, 3.8) is 0 Å². The summed E-state index contributed by atoms with van der Waals surface area (Å²) in [5, 5.41) is 9.30. The third kappa shape index (κ3) is 3.04. The molecule has 0 bridgehead atoms. The van der Waals surface area contributed by atoms with Crippen LogP contribution in [0.4, 0.5) is 0 Å². The van der Waals surface area contributed by atoms with Gasteiger partial charge >= 0.3 is 0 Å². The summed E-state index contributed by atoms with van der Waals surface area (Å²) in [6.07, 6.45) is 0.908. The Morgan fingerprint density at radius 3 is 2.44 bits per heavy atom. The average Bonchev–Trinajstić information content (AvgIpc) is 2.37. The first-order valence-electron chi connectivity index (χ1n) is 6.21. The lowest BCUT2D eigenvalue weighted by Gasteiger charge is -2.18. The van der Waals surface area contributed by atoms with Gasteiger partial charge in [0.2, 0.25) is 0 Å². The molecule has 0 aromatic heterocycles. The highest BCUT2D eigenvalue weighted by molar-refractivity contribution is 5.31. The molecule has 0 fully saturated rings. The van der Waals surface area contributed by atoms with E-state index in [1.807, 2.05) is 43.3 Å². The standard InChI is InChI=1S/C16H18O2/c1-3-16(13-7-9-14(17)10-8-13)18-15-6-4-5-12(2)11-15/h4-11,16-17H,3H2,1-2H3. The Morgan fingerprint density at radius 1 is 1.11 bits per heavy atom. The van der Waals surface area contributed by atoms with Crippen LogP contribution in [0.25, 0.3) is 0 Å². The average molecular weight is 242 g/mol. The zero-order chi connectivity index (χ0) is 13.0. The van der Waals surface area contributed by atoms with Crippen LogP contribution in [-0.4, -0.2) is 5.11 Å². The highest BCUT2D eigenvalue weighted by Gasteiger charge is 2.11. The molecule has 0 saturated carbocycles. The van der Waals surface area contributed by atoms with E-state index in [2.05, 4.69) is 6.92 Å². The van der Waals surface area contributed by atoms with Crippen molar-refractivity contribution in [3.8, 4) is 11.5 Å². The molecule has 0 spiro atoms. The van der Waals surface area contributed by atoms with Crippen LogP contribution >= 0.6 is 0 Å². The van der Waals surface area contributed by atoms with Gasteiger partial charge in [0.1, 0.15) is 17.6 Å². The monoisotopic (exact) mass is 242 g/mol. The normalized spacial score (nSPS) is 12.1. The number of hydrogen-bond donors (Lipinski definition) is 1. The molecule has 2 aromatic rings. The third-order valence-corrected chi connectivity index (χ3v) is 2.90. The van der Waals surface area contributed by atoms with Gasteiger partial charge < -0.3 is 9.84 Å². The second-order valence-electron chi connectivity index (χ2n) is 4.42. The fraction of sp³-hybridized carbons (Fsp3) is 0.250. The van der Waals surface area contributed by atoms with Crippen LogP contribution in [0, 0.1) is 6.92 Å². The number of phenolic OH excluding ortho intramolecular Hbond substituents is 1. The van der Waals surface area contributed by atoms with E-state index in [9.17, 15) is 5.11 Å². The molecule has 0 amide bonds. The van der Waals surface area contributed by atoms with Crippen LogP contribution in [0.1, 0.15) is 30.6 Å². The predicted molar refractivity (Wildman–Crippen MR) is 72.9 cm³/mol. The lowest BCUT2D eigenvalue weighted by molar-refractivity contribution is 0.201. The lowest BCUT2D eigenvalue weighted by Crippen LogP contribution is -2.06. The number of rotatable bonds is 4. The van der Waals surface area contributed by atoms with Gasteiger partial charge in [-0.25, -0.2) is 0 Å². The Balaban J connectivity index is 2.17. The van der Waals surface area contributed by atoms with Crippen molar-refractivity contribution >= 4 is 0 Å². The summed E-state index contributed by atoms with van der Waals surface area (Å²) in [5.74, 6) is 1.17. The summed E-state index contributed by atoms with van der Waals surface area (Å²) in [6.45, 7) is 4.14. The fourth-order valence-electron chi connectivity index (χ4n) is 1.93. The molecule has 2 nitrogen and oxygen atoms in total. The molecule has 2 rings (SSSR count). The van der Waals surface area contributed by atoms with Crippen molar-refractivity contribution in [2.45, 2.75) is 26.4 Å². The SMILES string of the molecule is CCC(Oc1cccc(C)c1)c1ccc(O)cc1. The maximum atomic E-state index is 9.30. The first-order valence-corrected chi connectivity index (χ1v) is 6.21. The van der Waals surface area contributed by atoms with E-state index in [1.54, 1.807) is 12.1 Å². The molecular weight excluding hydrogens is 224 g/mol. The zero-order valence-corrected chi connectivity index (χ0v) is 10.8. The number of benzene rings is 2. The second-order valence-corrected chi connectivity index (χ2v) is 4.42. The lowest BCUT2D eigenvalue weighted by atomic mass is 10.1. The van der Waals surface area contributed by atoms with Gasteiger partial charge in [-0.1, -0.05) is 31.2 Å². The van der Waals surface area contributed by atoms with Crippen LogP contribution in [0.3, 0.4) is 0 Å². The maximum absolute atomic E-state index is 9.30. The number of aryl methyl sites for hydroxylation is 1. The van der Waals surface area contributed by atoms with Crippen LogP contribution < -0.4 is 4.74 Å². The minimum absolute atomic E-state index is 0.0207. The quantitative estimate of drug-likeness (QED) is 0.869. The van der Waals surface area contributed by atoms with Crippen LogP contribution in [0.5, 0.6) is 11.5 Å². The molecule has 0 saturated heterocycles. The van der Waals surface area contributed by atoms with E-state index < -0.39 is 0 Å². The molecule has 94 valence electrons. The summed E-state index contributed by atoms with van der Waals surface area (Å²) < 4.78 is 5.99. The molecule has 2 heteroatoms. The highest BCUT2D eigenvalue weighted by Crippen LogP contribution is 2.26. The second kappa shape index (κ2) is 5.58. The Bertz CT molecular complexity index is 503. The van der Waals surface area contributed by atoms with Crippen molar-refractivity contribution in [1.82, 2.24) is 0 Å². The third-order valence-electron chi connectivity index (χ3n) is 2.90. The van der Waals surface area contributed by atoms with Gasteiger partial charge in [0.05, 0.1) is 0 Å². The zero-order valence-electron chi connectivity index (χ0n) is 10.8. The molecule has 18 heavy (non-hydrogen) atoms. The molecule has 0 aliphatic rings. The van der Waals surface area contributed by atoms with E-state index in [-0.39, 0.29) is 11.9 Å². The molecule has 1 atom stereocenters. The topological polar surface area (TPSA) is 29.5 Å². The van der Waals surface area contributed by atoms with Gasteiger partial charge in [-0.3, -0.25) is 0 Å².